The average molecular weight is 411 g/mol. The van der Waals surface area contributed by atoms with Crippen molar-refractivity contribution in [2.24, 2.45) is 0 Å². The molecule has 1 fully saturated rings. The minimum Gasteiger partial charge on any atom is -0.444 e. The third kappa shape index (κ3) is 8.82. The van der Waals surface area contributed by atoms with Crippen molar-refractivity contribution in [2.45, 2.75) is 90.2 Å². The zero-order chi connectivity index (χ0) is 21.7. The lowest BCUT2D eigenvalue weighted by Crippen LogP contribution is -2.48. The number of carbonyl (C=O) groups excluding carboxylic acids is 2. The van der Waals surface area contributed by atoms with E-state index < -0.39 is 29.2 Å². The molecule has 1 unspecified atom stereocenters. The Balaban J connectivity index is 2.03. The van der Waals surface area contributed by atoms with Crippen molar-refractivity contribution in [1.82, 2.24) is 15.1 Å². The first-order valence-electron chi connectivity index (χ1n) is 10.1. The van der Waals surface area contributed by atoms with Crippen molar-refractivity contribution in [1.29, 1.82) is 0 Å². The fourth-order valence-electron chi connectivity index (χ4n) is 3.06. The molecule has 0 spiro atoms. The Hall–Kier alpha value is -2.13. The standard InChI is InChI=1S/C20H34N4O5/c1-19(2,3)29-18(26)21-15(12-14-8-6-7-11-28-14)17(25)22-16-9-10-24(23-16)13-20(4,5)27/h9-10,14-15,27H,6-8,11-13H2,1-5H3,(H,21,26)(H,22,23,25)/t14-,15?/m0/s1. The molecule has 0 bridgehead atoms. The zero-order valence-corrected chi connectivity index (χ0v) is 18.0. The van der Waals surface area contributed by atoms with Crippen LogP contribution in [-0.4, -0.2) is 56.8 Å². The molecule has 2 atom stereocenters. The lowest BCUT2D eigenvalue weighted by atomic mass is 10.0. The van der Waals surface area contributed by atoms with E-state index in [0.717, 1.165) is 19.3 Å². The molecule has 1 aromatic heterocycles. The first-order chi connectivity index (χ1) is 13.4. The highest BCUT2D eigenvalue weighted by Crippen LogP contribution is 2.18. The fourth-order valence-corrected chi connectivity index (χ4v) is 3.06. The van der Waals surface area contributed by atoms with Gasteiger partial charge >= 0.3 is 6.09 Å². The van der Waals surface area contributed by atoms with Crippen LogP contribution in [0.15, 0.2) is 12.3 Å². The SMILES string of the molecule is CC(C)(O)Cn1ccc(NC(=O)C(C[C@@H]2CCCCO2)NC(=O)OC(C)(C)C)n1. The largest absolute Gasteiger partial charge is 0.444 e. The number of amides is 2. The molecule has 0 saturated carbocycles. The van der Waals surface area contributed by atoms with E-state index in [0.29, 0.717) is 25.4 Å². The molecule has 2 rings (SSSR count). The Morgan fingerprint density at radius 2 is 2.07 bits per heavy atom. The summed E-state index contributed by atoms with van der Waals surface area (Å²) in [6.07, 6.45) is 4.17. The molecule has 1 aliphatic rings. The number of hydrogen-bond donors (Lipinski definition) is 3. The first-order valence-corrected chi connectivity index (χ1v) is 10.1. The van der Waals surface area contributed by atoms with Crippen molar-refractivity contribution in [3.8, 4) is 0 Å². The van der Waals surface area contributed by atoms with E-state index in [2.05, 4.69) is 15.7 Å². The monoisotopic (exact) mass is 410 g/mol. The van der Waals surface area contributed by atoms with Gasteiger partial charge in [0.2, 0.25) is 5.91 Å². The highest BCUT2D eigenvalue weighted by Gasteiger charge is 2.29. The summed E-state index contributed by atoms with van der Waals surface area (Å²) in [5.74, 6) is -0.0432. The van der Waals surface area contributed by atoms with E-state index in [-0.39, 0.29) is 6.10 Å². The average Bonchev–Trinajstić information content (AvgIpc) is 2.98. The normalized spacial score (nSPS) is 18.8. The second kappa shape index (κ2) is 9.58. The van der Waals surface area contributed by atoms with E-state index in [1.807, 2.05) is 0 Å². The van der Waals surface area contributed by atoms with E-state index in [9.17, 15) is 14.7 Å². The predicted molar refractivity (Wildman–Crippen MR) is 109 cm³/mol. The molecule has 9 nitrogen and oxygen atoms in total. The molecule has 3 N–H and O–H groups in total. The van der Waals surface area contributed by atoms with Gasteiger partial charge in [-0.1, -0.05) is 0 Å². The van der Waals surface area contributed by atoms with Crippen LogP contribution in [0.5, 0.6) is 0 Å². The molecule has 1 aliphatic heterocycles. The van der Waals surface area contributed by atoms with Crippen LogP contribution >= 0.6 is 0 Å². The summed E-state index contributed by atoms with van der Waals surface area (Å²) in [6, 6.07) is 0.832. The maximum atomic E-state index is 12.8. The van der Waals surface area contributed by atoms with Crippen LogP contribution < -0.4 is 10.6 Å². The number of alkyl carbamates (subject to hydrolysis) is 1. The summed E-state index contributed by atoms with van der Waals surface area (Å²) in [7, 11) is 0. The Labute approximate surface area is 172 Å². The van der Waals surface area contributed by atoms with E-state index in [4.69, 9.17) is 9.47 Å². The molecule has 29 heavy (non-hydrogen) atoms. The summed E-state index contributed by atoms with van der Waals surface area (Å²) in [5.41, 5.74) is -1.59. The van der Waals surface area contributed by atoms with Crippen LogP contribution in [-0.2, 0) is 20.8 Å². The number of ether oxygens (including phenoxy) is 2. The van der Waals surface area contributed by atoms with Gasteiger partial charge < -0.3 is 25.2 Å². The molecular weight excluding hydrogens is 376 g/mol. The fraction of sp³-hybridized carbons (Fsp3) is 0.750. The Morgan fingerprint density at radius 3 is 2.66 bits per heavy atom. The number of aromatic nitrogens is 2. The van der Waals surface area contributed by atoms with E-state index >= 15 is 0 Å². The minimum absolute atomic E-state index is 0.0952. The Kier molecular flexibility index (Phi) is 7.65. The molecule has 0 aliphatic carbocycles. The third-order valence-electron chi connectivity index (χ3n) is 4.22. The molecule has 164 valence electrons. The van der Waals surface area contributed by atoms with Crippen LogP contribution in [0.2, 0.25) is 0 Å². The number of nitrogens with one attached hydrogen (secondary N) is 2. The van der Waals surface area contributed by atoms with Crippen LogP contribution in [0.3, 0.4) is 0 Å². The van der Waals surface area contributed by atoms with Gasteiger partial charge in [-0.25, -0.2) is 4.79 Å². The number of anilines is 1. The van der Waals surface area contributed by atoms with Crippen LogP contribution in [0.1, 0.15) is 60.3 Å². The van der Waals surface area contributed by atoms with Gasteiger partial charge in [0, 0.05) is 25.3 Å². The number of nitrogens with zero attached hydrogens (tertiary/aromatic N) is 2. The van der Waals surface area contributed by atoms with Gasteiger partial charge in [-0.05, 0) is 53.9 Å². The molecule has 0 radical (unpaired) electrons. The van der Waals surface area contributed by atoms with Gasteiger partial charge in [-0.2, -0.15) is 5.10 Å². The predicted octanol–water partition coefficient (Wildman–Crippen LogP) is 2.45. The molecule has 2 heterocycles. The number of hydrogen-bond acceptors (Lipinski definition) is 6. The molecule has 0 aromatic carbocycles. The summed E-state index contributed by atoms with van der Waals surface area (Å²) in [4.78, 5) is 25.1. The Bertz CT molecular complexity index is 684. The van der Waals surface area contributed by atoms with Gasteiger partial charge in [0.1, 0.15) is 11.6 Å². The lowest BCUT2D eigenvalue weighted by Gasteiger charge is -2.28. The van der Waals surface area contributed by atoms with Gasteiger partial charge in [-0.3, -0.25) is 9.48 Å². The maximum absolute atomic E-state index is 12.8. The molecule has 1 saturated heterocycles. The van der Waals surface area contributed by atoms with Crippen molar-refractivity contribution in [2.75, 3.05) is 11.9 Å². The molecular formula is C20H34N4O5. The van der Waals surface area contributed by atoms with Gasteiger partial charge in [0.25, 0.3) is 0 Å². The second-order valence-electron chi connectivity index (χ2n) is 9.12. The van der Waals surface area contributed by atoms with Gasteiger partial charge in [0.05, 0.1) is 18.2 Å². The quantitative estimate of drug-likeness (QED) is 0.636. The highest BCUT2D eigenvalue weighted by molar-refractivity contribution is 5.95. The van der Waals surface area contributed by atoms with Crippen LogP contribution in [0.4, 0.5) is 10.6 Å². The summed E-state index contributed by atoms with van der Waals surface area (Å²) < 4.78 is 12.6. The van der Waals surface area contributed by atoms with Crippen molar-refractivity contribution >= 4 is 17.8 Å². The topological polar surface area (TPSA) is 115 Å². The summed E-state index contributed by atoms with van der Waals surface area (Å²) in [6.45, 7) is 9.60. The minimum atomic E-state index is -0.924. The van der Waals surface area contributed by atoms with Crippen molar-refractivity contribution in [3.05, 3.63) is 12.3 Å². The number of aliphatic hydroxyl groups is 1. The van der Waals surface area contributed by atoms with Crippen LogP contribution in [0.25, 0.3) is 0 Å². The Morgan fingerprint density at radius 1 is 1.34 bits per heavy atom. The highest BCUT2D eigenvalue weighted by atomic mass is 16.6. The second-order valence-corrected chi connectivity index (χ2v) is 9.12. The van der Waals surface area contributed by atoms with Crippen LogP contribution in [0, 0.1) is 0 Å². The van der Waals surface area contributed by atoms with Gasteiger partial charge in [-0.15, -0.1) is 0 Å². The summed E-state index contributed by atoms with van der Waals surface area (Å²) in [5, 5.41) is 19.5. The number of rotatable bonds is 7. The van der Waals surface area contributed by atoms with E-state index in [1.54, 1.807) is 51.6 Å². The zero-order valence-electron chi connectivity index (χ0n) is 18.0. The molecule has 1 aromatic rings. The summed E-state index contributed by atoms with van der Waals surface area (Å²) >= 11 is 0. The maximum Gasteiger partial charge on any atom is 0.408 e. The van der Waals surface area contributed by atoms with E-state index in [1.165, 1.54) is 0 Å². The smallest absolute Gasteiger partial charge is 0.408 e. The third-order valence-corrected chi connectivity index (χ3v) is 4.22. The molecule has 2 amide bonds. The first kappa shape index (κ1) is 23.2. The number of carbonyl (C=O) groups is 2. The van der Waals surface area contributed by atoms with Gasteiger partial charge in [0.15, 0.2) is 5.82 Å². The van der Waals surface area contributed by atoms with Crippen molar-refractivity contribution in [3.63, 3.8) is 0 Å². The molecule has 9 heteroatoms. The lowest BCUT2D eigenvalue weighted by molar-refractivity contribution is -0.119. The van der Waals surface area contributed by atoms with Crippen molar-refractivity contribution < 1.29 is 24.2 Å².